The van der Waals surface area contributed by atoms with Gasteiger partial charge in [-0.25, -0.2) is 15.0 Å². The van der Waals surface area contributed by atoms with Gasteiger partial charge in [-0.3, -0.25) is 4.98 Å². The Hall–Kier alpha value is -3.58. The zero-order valence-corrected chi connectivity index (χ0v) is 21.9. The third-order valence-corrected chi connectivity index (χ3v) is 8.11. The highest BCUT2D eigenvalue weighted by molar-refractivity contribution is 5.94. The van der Waals surface area contributed by atoms with E-state index in [1.165, 1.54) is 24.8 Å². The highest BCUT2D eigenvalue weighted by atomic mass is 15.2. The summed E-state index contributed by atoms with van der Waals surface area (Å²) in [5.74, 6) is 3.02. The van der Waals surface area contributed by atoms with Crippen molar-refractivity contribution < 1.29 is 0 Å². The molecule has 0 bridgehead atoms. The van der Waals surface area contributed by atoms with Gasteiger partial charge >= 0.3 is 0 Å². The molecule has 1 aromatic carbocycles. The summed E-state index contributed by atoms with van der Waals surface area (Å²) in [5, 5.41) is 8.13. The van der Waals surface area contributed by atoms with Crippen molar-refractivity contribution in [2.75, 3.05) is 30.4 Å². The number of nitrogens with zero attached hydrogens (tertiary/aromatic N) is 5. The number of benzene rings is 1. The summed E-state index contributed by atoms with van der Waals surface area (Å²) < 4.78 is 0. The number of para-hydroxylation sites is 1. The second kappa shape index (κ2) is 9.71. The van der Waals surface area contributed by atoms with E-state index < -0.39 is 0 Å². The molecule has 4 aromatic rings. The first-order valence-electron chi connectivity index (χ1n) is 13.4. The first-order chi connectivity index (χ1) is 18.0. The van der Waals surface area contributed by atoms with E-state index in [1.807, 2.05) is 54.9 Å². The zero-order valence-electron chi connectivity index (χ0n) is 21.9. The van der Waals surface area contributed by atoms with E-state index in [1.54, 1.807) is 0 Å². The minimum absolute atomic E-state index is 0.123. The fourth-order valence-electron chi connectivity index (χ4n) is 5.83. The Morgan fingerprint density at radius 3 is 2.62 bits per heavy atom. The molecule has 2 N–H and O–H groups in total. The summed E-state index contributed by atoms with van der Waals surface area (Å²) in [6.45, 7) is 6.71. The van der Waals surface area contributed by atoms with E-state index in [9.17, 15) is 0 Å². The zero-order chi connectivity index (χ0) is 25.4. The standard InChI is InChI=1S/C30H35N7/c1-30(2)19-31-14-13-25(30)37(3)29-27-23(20-8-7-9-20)17-32-18-24(27)35-28(36-29)21-12-15-33-26(16-21)34-22-10-5-4-6-11-22/h4-6,10-12,15-18,20,25,31H,7-9,13-14,19H2,1-3H3,(H,33,34). The topological polar surface area (TPSA) is 78.9 Å². The largest absolute Gasteiger partial charge is 0.355 e. The van der Waals surface area contributed by atoms with E-state index >= 15 is 0 Å². The quantitative estimate of drug-likeness (QED) is 0.345. The molecule has 7 nitrogen and oxygen atoms in total. The van der Waals surface area contributed by atoms with Gasteiger partial charge in [-0.05, 0) is 67.0 Å². The van der Waals surface area contributed by atoms with Gasteiger partial charge in [0.15, 0.2) is 5.82 Å². The monoisotopic (exact) mass is 493 g/mol. The van der Waals surface area contributed by atoms with E-state index in [0.29, 0.717) is 17.8 Å². The summed E-state index contributed by atoms with van der Waals surface area (Å²) in [7, 11) is 2.21. The molecule has 1 atom stereocenters. The highest BCUT2D eigenvalue weighted by Gasteiger charge is 2.37. The van der Waals surface area contributed by atoms with Crippen molar-refractivity contribution in [3.8, 4) is 11.4 Å². The molecule has 190 valence electrons. The van der Waals surface area contributed by atoms with Crippen LogP contribution in [0.25, 0.3) is 22.3 Å². The summed E-state index contributed by atoms with van der Waals surface area (Å²) in [4.78, 5) is 21.9. The summed E-state index contributed by atoms with van der Waals surface area (Å²) >= 11 is 0. The van der Waals surface area contributed by atoms with Gasteiger partial charge in [0, 0.05) is 48.7 Å². The van der Waals surface area contributed by atoms with Crippen LogP contribution in [0.15, 0.2) is 61.1 Å². The number of hydrogen-bond donors (Lipinski definition) is 2. The summed E-state index contributed by atoms with van der Waals surface area (Å²) in [6.07, 6.45) is 10.5. The average Bonchev–Trinajstić information content (AvgIpc) is 2.87. The number of fused-ring (bicyclic) bond motifs is 1. The molecule has 1 aliphatic carbocycles. The number of piperidine rings is 1. The molecular weight excluding hydrogens is 458 g/mol. The Morgan fingerprint density at radius 1 is 1.03 bits per heavy atom. The molecule has 0 amide bonds. The van der Waals surface area contributed by atoms with Crippen molar-refractivity contribution in [2.45, 2.75) is 51.5 Å². The Kier molecular flexibility index (Phi) is 6.24. The van der Waals surface area contributed by atoms with Crippen LogP contribution in [0.5, 0.6) is 0 Å². The molecule has 6 rings (SSSR count). The maximum absolute atomic E-state index is 5.27. The van der Waals surface area contributed by atoms with Gasteiger partial charge in [-0.1, -0.05) is 38.5 Å². The first kappa shape index (κ1) is 23.8. The van der Waals surface area contributed by atoms with Crippen LogP contribution in [0.1, 0.15) is 51.0 Å². The fourth-order valence-corrected chi connectivity index (χ4v) is 5.83. The van der Waals surface area contributed by atoms with E-state index in [4.69, 9.17) is 9.97 Å². The van der Waals surface area contributed by atoms with Crippen LogP contribution < -0.4 is 15.5 Å². The molecule has 1 saturated carbocycles. The molecule has 0 radical (unpaired) electrons. The third kappa shape index (κ3) is 4.64. The highest BCUT2D eigenvalue weighted by Crippen LogP contribution is 2.43. The van der Waals surface area contributed by atoms with Gasteiger partial charge in [0.05, 0.1) is 11.7 Å². The van der Waals surface area contributed by atoms with Crippen molar-refractivity contribution in [1.82, 2.24) is 25.3 Å². The van der Waals surface area contributed by atoms with Crippen LogP contribution >= 0.6 is 0 Å². The molecule has 37 heavy (non-hydrogen) atoms. The lowest BCUT2D eigenvalue weighted by Gasteiger charge is -2.45. The molecule has 0 spiro atoms. The normalized spacial score (nSPS) is 19.4. The SMILES string of the molecule is CN(c1nc(-c2ccnc(Nc3ccccc3)c2)nc2cncc(C3CCC3)c12)C1CCNCC1(C)C. The lowest BCUT2D eigenvalue weighted by atomic mass is 9.78. The maximum Gasteiger partial charge on any atom is 0.162 e. The lowest BCUT2D eigenvalue weighted by Crippen LogP contribution is -2.53. The molecule has 7 heteroatoms. The minimum Gasteiger partial charge on any atom is -0.355 e. The van der Waals surface area contributed by atoms with Crippen LogP contribution in [0.3, 0.4) is 0 Å². The van der Waals surface area contributed by atoms with Crippen molar-refractivity contribution >= 4 is 28.2 Å². The molecule has 1 saturated heterocycles. The first-order valence-corrected chi connectivity index (χ1v) is 13.4. The maximum atomic E-state index is 5.27. The Bertz CT molecular complexity index is 1400. The third-order valence-electron chi connectivity index (χ3n) is 8.11. The number of anilines is 3. The van der Waals surface area contributed by atoms with Gasteiger partial charge in [0.25, 0.3) is 0 Å². The second-order valence-electron chi connectivity index (χ2n) is 11.1. The number of hydrogen-bond acceptors (Lipinski definition) is 7. The number of aromatic nitrogens is 4. The second-order valence-corrected chi connectivity index (χ2v) is 11.1. The number of rotatable bonds is 6. The van der Waals surface area contributed by atoms with Gasteiger partial charge in [-0.2, -0.15) is 0 Å². The Balaban J connectivity index is 1.47. The van der Waals surface area contributed by atoms with Crippen LogP contribution in [-0.2, 0) is 0 Å². The van der Waals surface area contributed by atoms with E-state index in [-0.39, 0.29) is 5.41 Å². The number of nitrogens with one attached hydrogen (secondary N) is 2. The number of pyridine rings is 2. The van der Waals surface area contributed by atoms with Crippen molar-refractivity contribution in [3.05, 3.63) is 66.6 Å². The van der Waals surface area contributed by atoms with Gasteiger partial charge in [0.1, 0.15) is 11.6 Å². The molecule has 4 heterocycles. The Labute approximate surface area is 218 Å². The minimum atomic E-state index is 0.123. The Morgan fingerprint density at radius 2 is 1.86 bits per heavy atom. The molecule has 2 aliphatic rings. The smallest absolute Gasteiger partial charge is 0.162 e. The molecule has 2 fully saturated rings. The van der Waals surface area contributed by atoms with Crippen molar-refractivity contribution in [2.24, 2.45) is 5.41 Å². The van der Waals surface area contributed by atoms with Crippen molar-refractivity contribution in [3.63, 3.8) is 0 Å². The summed E-state index contributed by atoms with van der Waals surface area (Å²) in [6, 6.07) is 14.5. The predicted molar refractivity (Wildman–Crippen MR) is 150 cm³/mol. The molecule has 1 unspecified atom stereocenters. The molecule has 1 aliphatic heterocycles. The molecular formula is C30H35N7. The van der Waals surface area contributed by atoms with Crippen LogP contribution in [0.2, 0.25) is 0 Å². The fraction of sp³-hybridized carbons (Fsp3) is 0.400. The van der Waals surface area contributed by atoms with Gasteiger partial charge in [0.2, 0.25) is 0 Å². The van der Waals surface area contributed by atoms with Crippen LogP contribution in [-0.4, -0.2) is 46.1 Å². The average molecular weight is 494 g/mol. The summed E-state index contributed by atoms with van der Waals surface area (Å²) in [5.41, 5.74) is 4.26. The lowest BCUT2D eigenvalue weighted by molar-refractivity contribution is 0.215. The van der Waals surface area contributed by atoms with E-state index in [0.717, 1.165) is 53.3 Å². The van der Waals surface area contributed by atoms with Gasteiger partial charge < -0.3 is 15.5 Å². The molecule has 3 aromatic heterocycles. The predicted octanol–water partition coefficient (Wildman–Crippen LogP) is 5.92. The van der Waals surface area contributed by atoms with E-state index in [2.05, 4.69) is 52.6 Å². The van der Waals surface area contributed by atoms with Crippen LogP contribution in [0.4, 0.5) is 17.3 Å². The van der Waals surface area contributed by atoms with Crippen LogP contribution in [0, 0.1) is 5.41 Å². The van der Waals surface area contributed by atoms with Crippen molar-refractivity contribution in [1.29, 1.82) is 0 Å². The van der Waals surface area contributed by atoms with Gasteiger partial charge in [-0.15, -0.1) is 0 Å².